The Hall–Kier alpha value is -3.53. The highest BCUT2D eigenvalue weighted by molar-refractivity contribution is 5.79. The minimum absolute atomic E-state index is 0.627. The van der Waals surface area contributed by atoms with Crippen LogP contribution >= 0.6 is 0 Å². The van der Waals surface area contributed by atoms with Crippen LogP contribution in [0.1, 0.15) is 17.8 Å². The first-order chi connectivity index (χ1) is 14.3. The Balaban J connectivity index is 1.47. The van der Waals surface area contributed by atoms with E-state index in [1.165, 1.54) is 0 Å². The molecule has 4 aromatic rings. The van der Waals surface area contributed by atoms with Crippen LogP contribution in [0.4, 0.5) is 0 Å². The highest BCUT2D eigenvalue weighted by Gasteiger charge is 2.08. The Labute approximate surface area is 171 Å². The van der Waals surface area contributed by atoms with E-state index in [0.717, 1.165) is 46.9 Å². The van der Waals surface area contributed by atoms with E-state index in [1.807, 2.05) is 48.5 Å². The zero-order chi connectivity index (χ0) is 19.9. The number of nitrogens with zero attached hydrogens (tertiary/aromatic N) is 2. The second-order valence-corrected chi connectivity index (χ2v) is 6.74. The smallest absolute Gasteiger partial charge is 0.133 e. The van der Waals surface area contributed by atoms with Crippen LogP contribution in [0.15, 0.2) is 78.9 Å². The standard InChI is InChI=1S/C25H24N2O2/c1-28-21-11-7-12-22(19-21)29-18-8-17-27-24-14-6-5-13-23(24)26-25(27)16-15-20-9-3-2-4-10-20/h2-7,9-16,19H,8,17-18H2,1H3/b16-15+. The molecule has 4 nitrogen and oxygen atoms in total. The number of benzene rings is 3. The van der Waals surface area contributed by atoms with Gasteiger partial charge in [0.25, 0.3) is 0 Å². The summed E-state index contributed by atoms with van der Waals surface area (Å²) in [5, 5.41) is 0. The minimum Gasteiger partial charge on any atom is -0.497 e. The number of rotatable bonds is 8. The van der Waals surface area contributed by atoms with Crippen molar-refractivity contribution in [3.8, 4) is 11.5 Å². The molecule has 0 saturated carbocycles. The fourth-order valence-electron chi connectivity index (χ4n) is 3.29. The van der Waals surface area contributed by atoms with E-state index in [0.29, 0.717) is 6.61 Å². The quantitative estimate of drug-likeness (QED) is 0.367. The molecule has 0 spiro atoms. The van der Waals surface area contributed by atoms with Crippen LogP contribution < -0.4 is 9.47 Å². The van der Waals surface area contributed by atoms with Crippen molar-refractivity contribution in [1.82, 2.24) is 9.55 Å². The van der Waals surface area contributed by atoms with Crippen molar-refractivity contribution in [2.24, 2.45) is 0 Å². The number of methoxy groups -OCH3 is 1. The number of aromatic nitrogens is 2. The van der Waals surface area contributed by atoms with Gasteiger partial charge in [-0.2, -0.15) is 0 Å². The van der Waals surface area contributed by atoms with Gasteiger partial charge in [-0.3, -0.25) is 0 Å². The molecule has 0 radical (unpaired) electrons. The van der Waals surface area contributed by atoms with Crippen molar-refractivity contribution in [3.63, 3.8) is 0 Å². The third-order valence-corrected chi connectivity index (χ3v) is 4.74. The van der Waals surface area contributed by atoms with Gasteiger partial charge >= 0.3 is 0 Å². The van der Waals surface area contributed by atoms with Gasteiger partial charge < -0.3 is 14.0 Å². The summed E-state index contributed by atoms with van der Waals surface area (Å²) >= 11 is 0. The Morgan fingerprint density at radius 1 is 0.862 bits per heavy atom. The second-order valence-electron chi connectivity index (χ2n) is 6.74. The Kier molecular flexibility index (Phi) is 5.91. The maximum atomic E-state index is 5.90. The minimum atomic E-state index is 0.627. The van der Waals surface area contributed by atoms with Gasteiger partial charge in [-0.1, -0.05) is 54.6 Å². The van der Waals surface area contributed by atoms with Gasteiger partial charge in [0.05, 0.1) is 24.8 Å². The molecule has 0 atom stereocenters. The topological polar surface area (TPSA) is 36.3 Å². The van der Waals surface area contributed by atoms with E-state index in [4.69, 9.17) is 14.5 Å². The Bertz CT molecular complexity index is 1100. The molecule has 1 heterocycles. The Morgan fingerprint density at radius 2 is 1.66 bits per heavy atom. The molecule has 3 aromatic carbocycles. The lowest BCUT2D eigenvalue weighted by Crippen LogP contribution is -2.06. The van der Waals surface area contributed by atoms with E-state index in [2.05, 4.69) is 47.1 Å². The third-order valence-electron chi connectivity index (χ3n) is 4.74. The molecule has 1 aromatic heterocycles. The first-order valence-electron chi connectivity index (χ1n) is 9.79. The molecule has 0 aliphatic rings. The molecule has 0 amide bonds. The van der Waals surface area contributed by atoms with Crippen LogP contribution in [0.5, 0.6) is 11.5 Å². The molecular formula is C25H24N2O2. The van der Waals surface area contributed by atoms with Gasteiger partial charge in [0.15, 0.2) is 0 Å². The predicted octanol–water partition coefficient (Wildman–Crippen LogP) is 5.68. The number of ether oxygens (including phenoxy) is 2. The molecule has 0 N–H and O–H groups in total. The number of hydrogen-bond acceptors (Lipinski definition) is 3. The van der Waals surface area contributed by atoms with E-state index >= 15 is 0 Å². The summed E-state index contributed by atoms with van der Waals surface area (Å²) < 4.78 is 13.4. The number of imidazole rings is 1. The molecule has 0 unspecified atom stereocenters. The van der Waals surface area contributed by atoms with E-state index in [9.17, 15) is 0 Å². The summed E-state index contributed by atoms with van der Waals surface area (Å²) in [6.45, 7) is 1.46. The Morgan fingerprint density at radius 3 is 2.52 bits per heavy atom. The van der Waals surface area contributed by atoms with Crippen molar-refractivity contribution in [2.45, 2.75) is 13.0 Å². The number of hydrogen-bond donors (Lipinski definition) is 0. The van der Waals surface area contributed by atoms with Crippen LogP contribution in [-0.4, -0.2) is 23.3 Å². The molecule has 146 valence electrons. The van der Waals surface area contributed by atoms with E-state index in [-0.39, 0.29) is 0 Å². The average Bonchev–Trinajstić information content (AvgIpc) is 3.13. The lowest BCUT2D eigenvalue weighted by atomic mass is 10.2. The summed E-state index contributed by atoms with van der Waals surface area (Å²) in [6.07, 6.45) is 5.06. The van der Waals surface area contributed by atoms with Crippen LogP contribution in [0.25, 0.3) is 23.2 Å². The largest absolute Gasteiger partial charge is 0.497 e. The number of fused-ring (bicyclic) bond motifs is 1. The van der Waals surface area contributed by atoms with Crippen LogP contribution in [-0.2, 0) is 6.54 Å². The molecule has 0 saturated heterocycles. The molecule has 0 aliphatic heterocycles. The van der Waals surface area contributed by atoms with Crippen LogP contribution in [0.2, 0.25) is 0 Å². The number of aryl methyl sites for hydroxylation is 1. The van der Waals surface area contributed by atoms with Crippen molar-refractivity contribution in [2.75, 3.05) is 13.7 Å². The van der Waals surface area contributed by atoms with E-state index < -0.39 is 0 Å². The zero-order valence-electron chi connectivity index (χ0n) is 16.5. The molecule has 0 bridgehead atoms. The monoisotopic (exact) mass is 384 g/mol. The first kappa shape index (κ1) is 18.8. The lowest BCUT2D eigenvalue weighted by Gasteiger charge is -2.10. The van der Waals surface area contributed by atoms with Crippen molar-refractivity contribution in [3.05, 3.63) is 90.3 Å². The molecular weight excluding hydrogens is 360 g/mol. The summed E-state index contributed by atoms with van der Waals surface area (Å²) in [5.74, 6) is 2.58. The summed E-state index contributed by atoms with van der Waals surface area (Å²) in [4.78, 5) is 4.81. The molecule has 4 rings (SSSR count). The fourth-order valence-corrected chi connectivity index (χ4v) is 3.29. The highest BCUT2D eigenvalue weighted by Crippen LogP contribution is 2.21. The van der Waals surface area contributed by atoms with Crippen molar-refractivity contribution in [1.29, 1.82) is 0 Å². The average molecular weight is 384 g/mol. The fraction of sp³-hybridized carbons (Fsp3) is 0.160. The SMILES string of the molecule is COc1cccc(OCCCn2c(/C=C/c3ccccc3)nc3ccccc32)c1. The molecule has 29 heavy (non-hydrogen) atoms. The van der Waals surface area contributed by atoms with Crippen LogP contribution in [0.3, 0.4) is 0 Å². The van der Waals surface area contributed by atoms with Gasteiger partial charge in [-0.15, -0.1) is 0 Å². The molecule has 0 fully saturated rings. The van der Waals surface area contributed by atoms with Gasteiger partial charge in [-0.05, 0) is 42.3 Å². The maximum absolute atomic E-state index is 5.90. The predicted molar refractivity (Wildman–Crippen MR) is 118 cm³/mol. The first-order valence-corrected chi connectivity index (χ1v) is 9.79. The van der Waals surface area contributed by atoms with Crippen molar-refractivity contribution < 1.29 is 9.47 Å². The van der Waals surface area contributed by atoms with Gasteiger partial charge in [0.1, 0.15) is 17.3 Å². The summed E-state index contributed by atoms with van der Waals surface area (Å²) in [6, 6.07) is 26.2. The summed E-state index contributed by atoms with van der Waals surface area (Å²) in [7, 11) is 1.66. The van der Waals surface area contributed by atoms with Gasteiger partial charge in [-0.25, -0.2) is 4.98 Å². The normalized spacial score (nSPS) is 11.2. The zero-order valence-corrected chi connectivity index (χ0v) is 16.5. The van der Waals surface area contributed by atoms with Crippen LogP contribution in [0, 0.1) is 0 Å². The van der Waals surface area contributed by atoms with E-state index in [1.54, 1.807) is 7.11 Å². The molecule has 0 aliphatic carbocycles. The summed E-state index contributed by atoms with van der Waals surface area (Å²) in [5.41, 5.74) is 3.31. The van der Waals surface area contributed by atoms with Crippen molar-refractivity contribution >= 4 is 23.2 Å². The molecule has 4 heteroatoms. The lowest BCUT2D eigenvalue weighted by molar-refractivity contribution is 0.300. The second kappa shape index (κ2) is 9.11. The highest BCUT2D eigenvalue weighted by atomic mass is 16.5. The van der Waals surface area contributed by atoms with Gasteiger partial charge in [0, 0.05) is 12.6 Å². The third kappa shape index (κ3) is 4.66. The number of para-hydroxylation sites is 2. The van der Waals surface area contributed by atoms with Gasteiger partial charge in [0.2, 0.25) is 0 Å². The maximum Gasteiger partial charge on any atom is 0.133 e.